The lowest BCUT2D eigenvalue weighted by Gasteiger charge is -2.20. The molecule has 100 valence electrons. The van der Waals surface area contributed by atoms with Crippen molar-refractivity contribution in [3.8, 4) is 0 Å². The van der Waals surface area contributed by atoms with Gasteiger partial charge in [0.25, 0.3) is 0 Å². The van der Waals surface area contributed by atoms with Gasteiger partial charge in [0, 0.05) is 19.2 Å². The topological polar surface area (TPSA) is 21.3 Å². The monoisotopic (exact) mass is 255 g/mol. The molecule has 2 atom stereocenters. The molecule has 0 aliphatic carbocycles. The van der Waals surface area contributed by atoms with E-state index in [9.17, 15) is 8.78 Å². The molecule has 0 bridgehead atoms. The third kappa shape index (κ3) is 3.06. The molecular formula is C14H19F2NO. The Balaban J connectivity index is 2.07. The van der Waals surface area contributed by atoms with Gasteiger partial charge in [-0.05, 0) is 30.0 Å². The van der Waals surface area contributed by atoms with Crippen molar-refractivity contribution in [2.24, 2.45) is 5.92 Å². The molecule has 1 aromatic carbocycles. The van der Waals surface area contributed by atoms with E-state index in [2.05, 4.69) is 19.2 Å². The maximum atomic E-state index is 13.2. The van der Waals surface area contributed by atoms with Crippen LogP contribution in [0.2, 0.25) is 0 Å². The molecule has 0 radical (unpaired) electrons. The van der Waals surface area contributed by atoms with Crippen LogP contribution >= 0.6 is 0 Å². The number of rotatable bonds is 2. The van der Waals surface area contributed by atoms with E-state index in [-0.39, 0.29) is 6.10 Å². The van der Waals surface area contributed by atoms with Gasteiger partial charge in [-0.15, -0.1) is 0 Å². The van der Waals surface area contributed by atoms with Gasteiger partial charge in [-0.25, -0.2) is 8.78 Å². The smallest absolute Gasteiger partial charge is 0.159 e. The molecule has 0 saturated carbocycles. The first kappa shape index (κ1) is 13.4. The molecule has 0 aromatic heterocycles. The van der Waals surface area contributed by atoms with Crippen molar-refractivity contribution in [3.05, 3.63) is 35.4 Å². The van der Waals surface area contributed by atoms with E-state index in [1.54, 1.807) is 6.07 Å². The minimum Gasteiger partial charge on any atom is -0.372 e. The molecule has 1 aliphatic rings. The average Bonchev–Trinajstić information content (AvgIpc) is 2.58. The Morgan fingerprint density at radius 1 is 1.28 bits per heavy atom. The van der Waals surface area contributed by atoms with Gasteiger partial charge in [-0.2, -0.15) is 0 Å². The van der Waals surface area contributed by atoms with Crippen LogP contribution < -0.4 is 5.32 Å². The molecule has 1 aromatic rings. The Labute approximate surface area is 106 Å². The third-order valence-electron chi connectivity index (χ3n) is 3.43. The second kappa shape index (κ2) is 5.76. The third-order valence-corrected chi connectivity index (χ3v) is 3.43. The Morgan fingerprint density at radius 2 is 2.06 bits per heavy atom. The molecule has 1 N–H and O–H groups in total. The van der Waals surface area contributed by atoms with Crippen LogP contribution in [0.3, 0.4) is 0 Å². The molecular weight excluding hydrogens is 236 g/mol. The minimum absolute atomic E-state index is 0.205. The first-order chi connectivity index (χ1) is 8.58. The molecule has 1 saturated heterocycles. The zero-order valence-corrected chi connectivity index (χ0v) is 10.7. The van der Waals surface area contributed by atoms with E-state index in [0.717, 1.165) is 12.5 Å². The molecule has 2 nitrogen and oxygen atoms in total. The highest BCUT2D eigenvalue weighted by molar-refractivity contribution is 5.20. The Hall–Kier alpha value is -1.00. The summed E-state index contributed by atoms with van der Waals surface area (Å²) < 4.78 is 31.8. The number of hydrogen-bond donors (Lipinski definition) is 1. The predicted octanol–water partition coefficient (Wildman–Crippen LogP) is 3.04. The van der Waals surface area contributed by atoms with Crippen molar-refractivity contribution in [3.63, 3.8) is 0 Å². The fourth-order valence-electron chi connectivity index (χ4n) is 2.25. The number of ether oxygens (including phenoxy) is 1. The SMILES string of the molecule is CC(C)C1CCOC(c2ccc(F)c(F)c2)CN1. The van der Waals surface area contributed by atoms with Crippen LogP contribution in [0, 0.1) is 17.6 Å². The summed E-state index contributed by atoms with van der Waals surface area (Å²) in [7, 11) is 0. The number of nitrogens with one attached hydrogen (secondary N) is 1. The summed E-state index contributed by atoms with van der Waals surface area (Å²) in [5.74, 6) is -1.10. The Bertz CT molecular complexity index is 409. The maximum absolute atomic E-state index is 13.2. The number of benzene rings is 1. The average molecular weight is 255 g/mol. The van der Waals surface area contributed by atoms with Gasteiger partial charge in [-0.1, -0.05) is 19.9 Å². The van der Waals surface area contributed by atoms with E-state index in [1.807, 2.05) is 0 Å². The number of halogens is 2. The van der Waals surface area contributed by atoms with Crippen molar-refractivity contribution in [1.82, 2.24) is 5.32 Å². The van der Waals surface area contributed by atoms with Crippen molar-refractivity contribution >= 4 is 0 Å². The van der Waals surface area contributed by atoms with Crippen LogP contribution in [0.25, 0.3) is 0 Å². The van der Waals surface area contributed by atoms with E-state index in [0.29, 0.717) is 30.7 Å². The van der Waals surface area contributed by atoms with Crippen molar-refractivity contribution in [1.29, 1.82) is 0 Å². The van der Waals surface area contributed by atoms with E-state index < -0.39 is 11.6 Å². The molecule has 0 spiro atoms. The van der Waals surface area contributed by atoms with Crippen LogP contribution in [0.5, 0.6) is 0 Å². The Morgan fingerprint density at radius 3 is 2.72 bits per heavy atom. The van der Waals surface area contributed by atoms with Crippen LogP contribution in [-0.4, -0.2) is 19.2 Å². The van der Waals surface area contributed by atoms with Gasteiger partial charge in [0.1, 0.15) is 0 Å². The van der Waals surface area contributed by atoms with Gasteiger partial charge >= 0.3 is 0 Å². The standard InChI is InChI=1S/C14H19F2NO/c1-9(2)13-5-6-18-14(8-17-13)10-3-4-11(15)12(16)7-10/h3-4,7,9,13-14,17H,5-6,8H2,1-2H3. The van der Waals surface area contributed by atoms with Crippen LogP contribution in [0.4, 0.5) is 8.78 Å². The lowest BCUT2D eigenvalue weighted by molar-refractivity contribution is 0.0657. The number of hydrogen-bond acceptors (Lipinski definition) is 2. The van der Waals surface area contributed by atoms with Crippen LogP contribution in [-0.2, 0) is 4.74 Å². The molecule has 0 amide bonds. The summed E-state index contributed by atoms with van der Waals surface area (Å²) in [5, 5.41) is 3.42. The van der Waals surface area contributed by atoms with Crippen molar-refractivity contribution in [2.75, 3.05) is 13.2 Å². The summed E-state index contributed by atoms with van der Waals surface area (Å²) in [6, 6.07) is 4.37. The molecule has 1 aliphatic heterocycles. The largest absolute Gasteiger partial charge is 0.372 e. The zero-order valence-electron chi connectivity index (χ0n) is 10.7. The highest BCUT2D eigenvalue weighted by atomic mass is 19.2. The summed E-state index contributed by atoms with van der Waals surface area (Å²) in [6.45, 7) is 5.60. The van der Waals surface area contributed by atoms with E-state index in [1.165, 1.54) is 6.07 Å². The van der Waals surface area contributed by atoms with Gasteiger partial charge in [0.15, 0.2) is 11.6 Å². The molecule has 2 rings (SSSR count). The van der Waals surface area contributed by atoms with Gasteiger partial charge < -0.3 is 10.1 Å². The Kier molecular flexibility index (Phi) is 4.30. The summed E-state index contributed by atoms with van der Waals surface area (Å²) >= 11 is 0. The fraction of sp³-hybridized carbons (Fsp3) is 0.571. The first-order valence-corrected chi connectivity index (χ1v) is 6.38. The fourth-order valence-corrected chi connectivity index (χ4v) is 2.25. The lowest BCUT2D eigenvalue weighted by Crippen LogP contribution is -2.34. The zero-order chi connectivity index (χ0) is 13.1. The second-order valence-electron chi connectivity index (χ2n) is 5.08. The van der Waals surface area contributed by atoms with E-state index in [4.69, 9.17) is 4.74 Å². The van der Waals surface area contributed by atoms with E-state index >= 15 is 0 Å². The molecule has 4 heteroatoms. The molecule has 2 unspecified atom stereocenters. The summed E-state index contributed by atoms with van der Waals surface area (Å²) in [5.41, 5.74) is 0.686. The molecule has 18 heavy (non-hydrogen) atoms. The van der Waals surface area contributed by atoms with Crippen molar-refractivity contribution in [2.45, 2.75) is 32.4 Å². The highest BCUT2D eigenvalue weighted by Gasteiger charge is 2.22. The minimum atomic E-state index is -0.819. The maximum Gasteiger partial charge on any atom is 0.159 e. The predicted molar refractivity (Wildman–Crippen MR) is 66.3 cm³/mol. The summed E-state index contributed by atoms with van der Waals surface area (Å²) in [4.78, 5) is 0. The van der Waals surface area contributed by atoms with Crippen molar-refractivity contribution < 1.29 is 13.5 Å². The van der Waals surface area contributed by atoms with Gasteiger partial charge in [0.05, 0.1) is 6.10 Å². The normalized spacial score (nSPS) is 25.2. The van der Waals surface area contributed by atoms with Crippen LogP contribution in [0.1, 0.15) is 31.9 Å². The van der Waals surface area contributed by atoms with Gasteiger partial charge in [-0.3, -0.25) is 0 Å². The summed E-state index contributed by atoms with van der Waals surface area (Å²) in [6.07, 6.45) is 0.738. The quantitative estimate of drug-likeness (QED) is 0.877. The van der Waals surface area contributed by atoms with Gasteiger partial charge in [0.2, 0.25) is 0 Å². The molecule has 1 fully saturated rings. The lowest BCUT2D eigenvalue weighted by atomic mass is 10.0. The first-order valence-electron chi connectivity index (χ1n) is 6.38. The second-order valence-corrected chi connectivity index (χ2v) is 5.08. The molecule has 1 heterocycles. The highest BCUT2D eigenvalue weighted by Crippen LogP contribution is 2.23. The van der Waals surface area contributed by atoms with Crippen LogP contribution in [0.15, 0.2) is 18.2 Å².